The monoisotopic (exact) mass is 417 g/mol. The van der Waals surface area contributed by atoms with E-state index in [2.05, 4.69) is 17.1 Å². The summed E-state index contributed by atoms with van der Waals surface area (Å²) >= 11 is 1.35. The quantitative estimate of drug-likeness (QED) is 0.303. The van der Waals surface area contributed by atoms with Crippen molar-refractivity contribution in [2.24, 2.45) is 0 Å². The molecule has 2 aromatic heterocycles. The molecule has 1 aliphatic carbocycles. The van der Waals surface area contributed by atoms with Gasteiger partial charge in [0.1, 0.15) is 21.2 Å². The molecule has 0 amide bonds. The van der Waals surface area contributed by atoms with E-state index < -0.39 is 10.7 Å². The van der Waals surface area contributed by atoms with Gasteiger partial charge in [0, 0.05) is 17.1 Å². The third kappa shape index (κ3) is 3.27. The summed E-state index contributed by atoms with van der Waals surface area (Å²) in [6.07, 6.45) is 4.18. The Labute approximate surface area is 175 Å². The zero-order valence-corrected chi connectivity index (χ0v) is 16.6. The minimum atomic E-state index is -0.579. The third-order valence-electron chi connectivity index (χ3n) is 5.43. The summed E-state index contributed by atoms with van der Waals surface area (Å²) in [5.74, 6) is -0.470. The summed E-state index contributed by atoms with van der Waals surface area (Å²) in [6.45, 7) is 0. The van der Waals surface area contributed by atoms with Crippen molar-refractivity contribution in [2.75, 3.05) is 0 Å². The van der Waals surface area contributed by atoms with Crippen LogP contribution in [0.15, 0.2) is 66.9 Å². The van der Waals surface area contributed by atoms with Gasteiger partial charge in [0.2, 0.25) is 6.20 Å². The Morgan fingerprint density at radius 2 is 1.87 bits per heavy atom. The first-order valence-electron chi connectivity index (χ1n) is 9.50. The van der Waals surface area contributed by atoms with Crippen LogP contribution in [0.1, 0.15) is 29.7 Å². The number of rotatable bonds is 5. The first kappa shape index (κ1) is 18.6. The van der Waals surface area contributed by atoms with Crippen LogP contribution in [-0.2, 0) is 5.41 Å². The van der Waals surface area contributed by atoms with Crippen molar-refractivity contribution in [3.63, 3.8) is 0 Å². The van der Waals surface area contributed by atoms with Crippen LogP contribution in [0.3, 0.4) is 0 Å². The molecule has 2 aromatic carbocycles. The molecule has 0 saturated heterocycles. The van der Waals surface area contributed by atoms with Crippen LogP contribution >= 0.6 is 11.3 Å². The number of aromatic nitrogens is 2. The smallest absolute Gasteiger partial charge is 0.235 e. The predicted molar refractivity (Wildman–Crippen MR) is 115 cm³/mol. The van der Waals surface area contributed by atoms with Gasteiger partial charge in [0.05, 0.1) is 10.6 Å². The van der Waals surface area contributed by atoms with Gasteiger partial charge in [0.25, 0.3) is 0 Å². The number of hydrogen-bond acceptors (Lipinski definition) is 5. The van der Waals surface area contributed by atoms with E-state index in [0.29, 0.717) is 16.1 Å². The molecular weight excluding hydrogens is 401 g/mol. The molecule has 0 radical (unpaired) electrons. The largest absolute Gasteiger partial charge is 0.259 e. The fourth-order valence-corrected chi connectivity index (χ4v) is 4.69. The van der Waals surface area contributed by atoms with E-state index in [9.17, 15) is 14.5 Å². The number of thiazole rings is 1. The molecular formula is C23H16FN3O2S. The summed E-state index contributed by atoms with van der Waals surface area (Å²) in [7, 11) is 0. The second kappa shape index (κ2) is 7.11. The molecule has 0 aliphatic heterocycles. The number of fused-ring (bicyclic) bond motifs is 1. The van der Waals surface area contributed by atoms with Gasteiger partial charge in [-0.3, -0.25) is 10.1 Å². The number of nitrogens with zero attached hydrogens (tertiary/aromatic N) is 3. The normalized spacial score (nSPS) is 15.0. The number of pyridine rings is 1. The Hall–Kier alpha value is -3.45. The summed E-state index contributed by atoms with van der Waals surface area (Å²) in [6, 6.07) is 18.9. The zero-order valence-electron chi connectivity index (χ0n) is 15.8. The molecule has 30 heavy (non-hydrogen) atoms. The van der Waals surface area contributed by atoms with Crippen molar-refractivity contribution in [1.82, 2.24) is 9.97 Å². The first-order valence-corrected chi connectivity index (χ1v) is 10.3. The maximum atomic E-state index is 14.6. The van der Waals surface area contributed by atoms with E-state index in [1.165, 1.54) is 29.0 Å². The van der Waals surface area contributed by atoms with Crippen LogP contribution in [0.4, 0.5) is 4.39 Å². The summed E-state index contributed by atoms with van der Waals surface area (Å²) < 4.78 is 14.6. The molecule has 0 bridgehead atoms. The molecule has 0 spiro atoms. The number of benzene rings is 2. The highest BCUT2D eigenvalue weighted by Crippen LogP contribution is 2.53. The van der Waals surface area contributed by atoms with Crippen molar-refractivity contribution < 1.29 is 9.31 Å². The van der Waals surface area contributed by atoms with Crippen LogP contribution in [-0.4, -0.2) is 14.9 Å². The van der Waals surface area contributed by atoms with Crippen LogP contribution in [0.5, 0.6) is 0 Å². The summed E-state index contributed by atoms with van der Waals surface area (Å²) in [5.41, 5.74) is 3.79. The van der Waals surface area contributed by atoms with Gasteiger partial charge in [0.15, 0.2) is 0 Å². The number of nitro groups is 1. The highest BCUT2D eigenvalue weighted by molar-refractivity contribution is 7.21. The van der Waals surface area contributed by atoms with Crippen LogP contribution < -0.4 is 0 Å². The lowest BCUT2D eigenvalue weighted by Gasteiger charge is -2.14. The Morgan fingerprint density at radius 3 is 2.57 bits per heavy atom. The number of halogens is 1. The SMILES string of the molecule is O=[N+]([O-])C=Cc1ccc(-c2nc3ccc(C4(c5ccccc5)CC4)nc3s2)c(F)c1. The lowest BCUT2D eigenvalue weighted by Crippen LogP contribution is -2.10. The molecule has 1 aliphatic rings. The lowest BCUT2D eigenvalue weighted by molar-refractivity contribution is -0.400. The molecule has 1 fully saturated rings. The fraction of sp³-hybridized carbons (Fsp3) is 0.130. The Kier molecular flexibility index (Phi) is 4.40. The van der Waals surface area contributed by atoms with E-state index in [0.717, 1.165) is 35.1 Å². The van der Waals surface area contributed by atoms with E-state index in [1.807, 2.05) is 30.3 Å². The third-order valence-corrected chi connectivity index (χ3v) is 6.43. The van der Waals surface area contributed by atoms with E-state index in [1.54, 1.807) is 12.1 Å². The maximum absolute atomic E-state index is 14.6. The summed E-state index contributed by atoms with van der Waals surface area (Å²) in [4.78, 5) is 20.1. The van der Waals surface area contributed by atoms with E-state index >= 15 is 0 Å². The highest BCUT2D eigenvalue weighted by Gasteiger charge is 2.47. The van der Waals surface area contributed by atoms with Crippen LogP contribution in [0, 0.1) is 15.9 Å². The summed E-state index contributed by atoms with van der Waals surface area (Å²) in [5, 5.41) is 11.0. The Balaban J connectivity index is 1.50. The van der Waals surface area contributed by atoms with E-state index in [-0.39, 0.29) is 5.41 Å². The average Bonchev–Trinajstić information content (AvgIpc) is 3.46. The van der Waals surface area contributed by atoms with Gasteiger partial charge in [-0.25, -0.2) is 14.4 Å². The van der Waals surface area contributed by atoms with Gasteiger partial charge in [-0.2, -0.15) is 0 Å². The van der Waals surface area contributed by atoms with Gasteiger partial charge in [-0.05, 0) is 48.2 Å². The molecule has 4 aromatic rings. The minimum Gasteiger partial charge on any atom is -0.259 e. The highest BCUT2D eigenvalue weighted by atomic mass is 32.1. The van der Waals surface area contributed by atoms with Crippen molar-refractivity contribution in [2.45, 2.75) is 18.3 Å². The molecule has 148 valence electrons. The molecule has 1 saturated carbocycles. The van der Waals surface area contributed by atoms with Gasteiger partial charge in [-0.1, -0.05) is 47.7 Å². The molecule has 2 heterocycles. The van der Waals surface area contributed by atoms with Gasteiger partial charge in [-0.15, -0.1) is 0 Å². The van der Waals surface area contributed by atoms with Crippen molar-refractivity contribution in [3.8, 4) is 10.6 Å². The van der Waals surface area contributed by atoms with Crippen LogP contribution in [0.2, 0.25) is 0 Å². The Morgan fingerprint density at radius 1 is 1.07 bits per heavy atom. The zero-order chi connectivity index (χ0) is 20.7. The van der Waals surface area contributed by atoms with Crippen LogP contribution in [0.25, 0.3) is 27.0 Å². The van der Waals surface area contributed by atoms with Crippen molar-refractivity contribution in [1.29, 1.82) is 0 Å². The van der Waals surface area contributed by atoms with Crippen molar-refractivity contribution in [3.05, 3.63) is 99.6 Å². The number of hydrogen-bond donors (Lipinski definition) is 0. The molecule has 5 rings (SSSR count). The maximum Gasteiger partial charge on any atom is 0.235 e. The first-order chi connectivity index (χ1) is 14.5. The second-order valence-electron chi connectivity index (χ2n) is 7.33. The fourth-order valence-electron chi connectivity index (χ4n) is 3.73. The standard InChI is InChI=1S/C23H16FN3O2S/c24-18-14-15(10-13-27(28)29)6-7-17(18)21-25-19-8-9-20(26-22(19)30-21)23(11-12-23)16-4-2-1-3-5-16/h1-10,13-14H,11-12H2. The van der Waals surface area contributed by atoms with Crippen molar-refractivity contribution >= 4 is 27.8 Å². The second-order valence-corrected chi connectivity index (χ2v) is 8.31. The average molecular weight is 417 g/mol. The topological polar surface area (TPSA) is 68.9 Å². The Bertz CT molecular complexity index is 1300. The van der Waals surface area contributed by atoms with Gasteiger partial charge >= 0.3 is 0 Å². The lowest BCUT2D eigenvalue weighted by atomic mass is 9.92. The molecule has 7 heteroatoms. The predicted octanol–water partition coefficient (Wildman–Crippen LogP) is 5.82. The van der Waals surface area contributed by atoms with E-state index in [4.69, 9.17) is 4.98 Å². The molecule has 0 unspecified atom stereocenters. The molecule has 5 nitrogen and oxygen atoms in total. The minimum absolute atomic E-state index is 0.0319. The molecule has 0 N–H and O–H groups in total. The molecule has 0 atom stereocenters. The van der Waals surface area contributed by atoms with Gasteiger partial charge < -0.3 is 0 Å².